The number of aromatic nitrogens is 2. The molecule has 1 fully saturated rings. The third-order valence-corrected chi connectivity index (χ3v) is 3.21. The molecule has 15 heavy (non-hydrogen) atoms. The van der Waals surface area contributed by atoms with Crippen LogP contribution in [0.25, 0.3) is 0 Å². The maximum Gasteiger partial charge on any atom is 0.0546 e. The molecule has 1 aromatic rings. The summed E-state index contributed by atoms with van der Waals surface area (Å²) in [7, 11) is 0. The van der Waals surface area contributed by atoms with Crippen molar-refractivity contribution in [1.82, 2.24) is 15.1 Å². The highest BCUT2D eigenvalue weighted by molar-refractivity contribution is 5.08. The van der Waals surface area contributed by atoms with Gasteiger partial charge in [-0.05, 0) is 32.0 Å². The van der Waals surface area contributed by atoms with Gasteiger partial charge in [-0.25, -0.2) is 0 Å². The van der Waals surface area contributed by atoms with Crippen LogP contribution in [0.3, 0.4) is 0 Å². The summed E-state index contributed by atoms with van der Waals surface area (Å²) in [6.45, 7) is 5.05. The van der Waals surface area contributed by atoms with Gasteiger partial charge in [0.2, 0.25) is 0 Å². The number of piperidine rings is 1. The van der Waals surface area contributed by atoms with Crippen LogP contribution in [0.4, 0.5) is 0 Å². The number of nitrogens with zero attached hydrogens (tertiary/aromatic N) is 2. The molecule has 0 bridgehead atoms. The van der Waals surface area contributed by atoms with Crippen molar-refractivity contribution in [3.8, 4) is 0 Å². The third-order valence-electron chi connectivity index (χ3n) is 3.21. The smallest absolute Gasteiger partial charge is 0.0546 e. The van der Waals surface area contributed by atoms with E-state index in [1.54, 1.807) is 0 Å². The topological polar surface area (TPSA) is 55.9 Å². The van der Waals surface area contributed by atoms with E-state index in [2.05, 4.69) is 28.1 Å². The van der Waals surface area contributed by atoms with Crippen molar-refractivity contribution in [1.29, 1.82) is 0 Å². The summed E-state index contributed by atoms with van der Waals surface area (Å²) in [6, 6.07) is 2.66. The molecule has 1 atom stereocenters. The van der Waals surface area contributed by atoms with Gasteiger partial charge in [0.1, 0.15) is 0 Å². The Morgan fingerprint density at radius 2 is 2.33 bits per heavy atom. The van der Waals surface area contributed by atoms with Crippen molar-refractivity contribution in [2.75, 3.05) is 19.6 Å². The van der Waals surface area contributed by atoms with Crippen molar-refractivity contribution in [2.45, 2.75) is 31.7 Å². The van der Waals surface area contributed by atoms with Crippen molar-refractivity contribution in [3.63, 3.8) is 0 Å². The first kappa shape index (κ1) is 10.6. The second-order valence-electron chi connectivity index (χ2n) is 4.32. The molecule has 0 spiro atoms. The van der Waals surface area contributed by atoms with Crippen LogP contribution in [-0.4, -0.2) is 29.4 Å². The molecule has 0 saturated carbocycles. The summed E-state index contributed by atoms with van der Waals surface area (Å²) in [5.41, 5.74) is 6.99. The van der Waals surface area contributed by atoms with E-state index in [-0.39, 0.29) is 0 Å². The monoisotopic (exact) mass is 208 g/mol. The molecule has 4 heteroatoms. The van der Waals surface area contributed by atoms with Crippen molar-refractivity contribution < 1.29 is 0 Å². The van der Waals surface area contributed by atoms with Crippen molar-refractivity contribution in [3.05, 3.63) is 18.0 Å². The Morgan fingerprint density at radius 1 is 1.60 bits per heavy atom. The number of nitrogens with two attached hydrogens (primary N) is 1. The van der Waals surface area contributed by atoms with Crippen LogP contribution in [0, 0.1) is 0 Å². The van der Waals surface area contributed by atoms with E-state index in [9.17, 15) is 0 Å². The minimum atomic E-state index is 0.405. The molecule has 1 unspecified atom stereocenters. The first-order chi connectivity index (χ1) is 7.33. The van der Waals surface area contributed by atoms with Crippen LogP contribution in [0.5, 0.6) is 0 Å². The second-order valence-corrected chi connectivity index (χ2v) is 4.32. The first-order valence-electron chi connectivity index (χ1n) is 5.77. The Bertz CT molecular complexity index is 301. The highest BCUT2D eigenvalue weighted by Crippen LogP contribution is 2.23. The molecular formula is C11H20N4. The highest BCUT2D eigenvalue weighted by Gasteiger charge is 2.19. The zero-order valence-electron chi connectivity index (χ0n) is 9.32. The van der Waals surface area contributed by atoms with Crippen LogP contribution in [0.15, 0.2) is 12.3 Å². The van der Waals surface area contributed by atoms with E-state index in [0.717, 1.165) is 13.1 Å². The van der Waals surface area contributed by atoms with Gasteiger partial charge in [-0.3, -0.25) is 4.68 Å². The third kappa shape index (κ3) is 2.21. The molecule has 84 valence electrons. The van der Waals surface area contributed by atoms with Gasteiger partial charge in [0.15, 0.2) is 0 Å². The fourth-order valence-corrected chi connectivity index (χ4v) is 2.19. The SMILES string of the molecule is CC(CN)c1ccnn1C1CCNCC1. The quantitative estimate of drug-likeness (QED) is 0.775. The minimum Gasteiger partial charge on any atom is -0.330 e. The van der Waals surface area contributed by atoms with Crippen molar-refractivity contribution >= 4 is 0 Å². The lowest BCUT2D eigenvalue weighted by Gasteiger charge is -2.26. The Hall–Kier alpha value is -0.870. The summed E-state index contributed by atoms with van der Waals surface area (Å²) in [6.07, 6.45) is 4.24. The molecule has 1 aliphatic heterocycles. The summed E-state index contributed by atoms with van der Waals surface area (Å²) >= 11 is 0. The van der Waals surface area contributed by atoms with Gasteiger partial charge < -0.3 is 11.1 Å². The first-order valence-corrected chi connectivity index (χ1v) is 5.77. The number of nitrogens with one attached hydrogen (secondary N) is 1. The van der Waals surface area contributed by atoms with E-state index in [4.69, 9.17) is 5.73 Å². The van der Waals surface area contributed by atoms with E-state index in [0.29, 0.717) is 18.5 Å². The van der Waals surface area contributed by atoms with E-state index in [1.807, 2.05) is 6.20 Å². The molecule has 1 saturated heterocycles. The molecule has 2 heterocycles. The summed E-state index contributed by atoms with van der Waals surface area (Å²) in [5.74, 6) is 0.405. The van der Waals surface area contributed by atoms with Crippen LogP contribution in [-0.2, 0) is 0 Å². The van der Waals surface area contributed by atoms with Crippen molar-refractivity contribution in [2.24, 2.45) is 5.73 Å². The Labute approximate surface area is 90.8 Å². The molecule has 3 N–H and O–H groups in total. The molecule has 0 aliphatic carbocycles. The average Bonchev–Trinajstić information content (AvgIpc) is 2.78. The Balaban J connectivity index is 2.15. The molecule has 0 amide bonds. The van der Waals surface area contributed by atoms with E-state index in [1.165, 1.54) is 18.5 Å². The minimum absolute atomic E-state index is 0.405. The lowest BCUT2D eigenvalue weighted by Crippen LogP contribution is -2.31. The van der Waals surface area contributed by atoms with Gasteiger partial charge in [-0.15, -0.1) is 0 Å². The molecular weight excluding hydrogens is 188 g/mol. The lowest BCUT2D eigenvalue weighted by molar-refractivity contribution is 0.331. The van der Waals surface area contributed by atoms with Crippen LogP contribution < -0.4 is 11.1 Å². The van der Waals surface area contributed by atoms with Gasteiger partial charge in [-0.1, -0.05) is 6.92 Å². The van der Waals surface area contributed by atoms with E-state index < -0.39 is 0 Å². The van der Waals surface area contributed by atoms with Crippen LogP contribution >= 0.6 is 0 Å². The fraction of sp³-hybridized carbons (Fsp3) is 0.727. The standard InChI is InChI=1S/C11H20N4/c1-9(8-12)11-4-7-14-15(11)10-2-5-13-6-3-10/h4,7,9-10,13H,2-3,5-6,8,12H2,1H3. The maximum atomic E-state index is 5.71. The Kier molecular flexibility index (Phi) is 3.38. The van der Waals surface area contributed by atoms with E-state index >= 15 is 0 Å². The fourth-order valence-electron chi connectivity index (χ4n) is 2.19. The molecule has 1 aromatic heterocycles. The largest absolute Gasteiger partial charge is 0.330 e. The number of hydrogen-bond donors (Lipinski definition) is 2. The number of rotatable bonds is 3. The van der Waals surface area contributed by atoms with Crippen LogP contribution in [0.1, 0.15) is 37.4 Å². The molecule has 2 rings (SSSR count). The van der Waals surface area contributed by atoms with Gasteiger partial charge in [0, 0.05) is 24.4 Å². The Morgan fingerprint density at radius 3 is 3.00 bits per heavy atom. The van der Waals surface area contributed by atoms with Gasteiger partial charge in [0.05, 0.1) is 6.04 Å². The highest BCUT2D eigenvalue weighted by atomic mass is 15.3. The molecule has 0 radical (unpaired) electrons. The zero-order chi connectivity index (χ0) is 10.7. The second kappa shape index (κ2) is 4.77. The van der Waals surface area contributed by atoms with Gasteiger partial charge >= 0.3 is 0 Å². The summed E-state index contributed by atoms with van der Waals surface area (Å²) in [4.78, 5) is 0. The maximum absolute atomic E-state index is 5.71. The normalized spacial score (nSPS) is 20.4. The summed E-state index contributed by atoms with van der Waals surface area (Å²) in [5, 5.41) is 7.82. The summed E-state index contributed by atoms with van der Waals surface area (Å²) < 4.78 is 2.18. The lowest BCUT2D eigenvalue weighted by atomic mass is 10.0. The molecule has 0 aromatic carbocycles. The molecule has 1 aliphatic rings. The molecule has 4 nitrogen and oxygen atoms in total. The zero-order valence-corrected chi connectivity index (χ0v) is 9.32. The average molecular weight is 208 g/mol. The predicted octanol–water partition coefficient (Wildman–Crippen LogP) is 0.870. The van der Waals surface area contributed by atoms with Crippen LogP contribution in [0.2, 0.25) is 0 Å². The van der Waals surface area contributed by atoms with Gasteiger partial charge in [0.25, 0.3) is 0 Å². The number of hydrogen-bond acceptors (Lipinski definition) is 3. The predicted molar refractivity (Wildman–Crippen MR) is 60.8 cm³/mol. The van der Waals surface area contributed by atoms with Gasteiger partial charge in [-0.2, -0.15) is 5.10 Å².